The quantitative estimate of drug-likeness (QED) is 0.161. The number of carbonyl (C=O) groups excluding carboxylic acids is 1. The van der Waals surface area contributed by atoms with Gasteiger partial charge in [-0.15, -0.1) is 0 Å². The molecule has 2 aliphatic heterocycles. The maximum absolute atomic E-state index is 14.2. The maximum atomic E-state index is 14.2. The van der Waals surface area contributed by atoms with Crippen LogP contribution in [-0.4, -0.2) is 36.3 Å². The second kappa shape index (κ2) is 13.5. The van der Waals surface area contributed by atoms with E-state index in [1.54, 1.807) is 24.3 Å². The first-order valence-corrected chi connectivity index (χ1v) is 19.1. The third-order valence-electron chi connectivity index (χ3n) is 12.5. The first-order valence-electron chi connectivity index (χ1n) is 19.1. The summed E-state index contributed by atoms with van der Waals surface area (Å²) in [6, 6.07) is 7.87. The molecule has 5 aliphatic rings. The number of fused-ring (bicyclic) bond motifs is 2. The first kappa shape index (κ1) is 37.5. The van der Waals surface area contributed by atoms with Gasteiger partial charge in [-0.3, -0.25) is 4.79 Å². The van der Waals surface area contributed by atoms with Gasteiger partial charge in [-0.25, -0.2) is 0 Å². The molecule has 0 aromatic heterocycles. The van der Waals surface area contributed by atoms with Crippen LogP contribution in [0.25, 0.3) is 0 Å². The molecule has 0 saturated heterocycles. The number of rotatable bonds is 7. The van der Waals surface area contributed by atoms with Crippen molar-refractivity contribution in [2.45, 2.75) is 115 Å². The van der Waals surface area contributed by atoms with Crippen molar-refractivity contribution in [2.24, 2.45) is 11.8 Å². The van der Waals surface area contributed by atoms with E-state index in [2.05, 4.69) is 9.48 Å². The number of alkyl halides is 6. The number of ether oxygens (including phenoxy) is 1. The van der Waals surface area contributed by atoms with Crippen molar-refractivity contribution < 1.29 is 40.4 Å². The summed E-state index contributed by atoms with van der Waals surface area (Å²) < 4.78 is 91.5. The number of anilines is 1. The van der Waals surface area contributed by atoms with Crippen molar-refractivity contribution in [2.75, 3.05) is 25.1 Å². The number of carbonyl (C=O) groups is 1. The zero-order valence-corrected chi connectivity index (χ0v) is 31.2. The molecule has 2 aromatic rings. The zero-order valence-electron chi connectivity index (χ0n) is 31.2. The minimum atomic E-state index is -4.49. The van der Waals surface area contributed by atoms with Crippen LogP contribution in [0.3, 0.4) is 0 Å². The standard InChI is InChI=1S/C43H49F6N2O2/c1-40(2)32-20-28(42(44,45)46)16-18-34(32)50(24-26-12-8-6-9-13-26)36(40)22-30-38(52)31(39(30)53-5)23-37-41(3,4)33-21-29(43(47,48)49)17-19-35(33)51(37)25-27-14-10-7-11-15-27/h16-23,26-27H,6-15,24-25H2,1-5H3/q+1. The first-order chi connectivity index (χ1) is 24.9. The van der Waals surface area contributed by atoms with Crippen molar-refractivity contribution >= 4 is 22.9 Å². The lowest BCUT2D eigenvalue weighted by Crippen LogP contribution is -2.34. The van der Waals surface area contributed by atoms with Gasteiger partial charge in [-0.1, -0.05) is 52.4 Å². The van der Waals surface area contributed by atoms with E-state index in [-0.39, 0.29) is 5.78 Å². The second-order valence-electron chi connectivity index (χ2n) is 16.7. The Bertz CT molecular complexity index is 1930. The number of halogens is 6. The normalized spacial score (nSPS) is 23.6. The molecule has 0 bridgehead atoms. The molecule has 10 heteroatoms. The molecule has 284 valence electrons. The Morgan fingerprint density at radius 1 is 0.774 bits per heavy atom. The molecule has 0 atom stereocenters. The fourth-order valence-corrected chi connectivity index (χ4v) is 9.46. The Kier molecular flexibility index (Phi) is 9.54. The SMILES string of the molecule is COC1=C(/C=C2\N(CC3CCCCC3)c3ccc(C(F)(F)F)cc3C2(C)C)C(=O)/C1=C/C1=[N+](CC2CCCCC2)c2ccc(C(F)(F)F)cc2C1(C)C. The highest BCUT2D eigenvalue weighted by Gasteiger charge is 2.50. The van der Waals surface area contributed by atoms with E-state index < -0.39 is 34.3 Å². The Labute approximate surface area is 308 Å². The van der Waals surface area contributed by atoms with Gasteiger partial charge in [0.2, 0.25) is 11.5 Å². The molecule has 0 radical (unpaired) electrons. The Morgan fingerprint density at radius 2 is 1.34 bits per heavy atom. The number of benzene rings is 2. The van der Waals surface area contributed by atoms with Crippen LogP contribution in [0.1, 0.15) is 114 Å². The number of hydrogen-bond acceptors (Lipinski definition) is 3. The summed E-state index contributed by atoms with van der Waals surface area (Å²) in [4.78, 5) is 16.3. The van der Waals surface area contributed by atoms with E-state index in [4.69, 9.17) is 4.74 Å². The lowest BCUT2D eigenvalue weighted by molar-refractivity contribution is -0.447. The highest BCUT2D eigenvalue weighted by atomic mass is 19.4. The van der Waals surface area contributed by atoms with Gasteiger partial charge in [-0.05, 0) is 87.4 Å². The van der Waals surface area contributed by atoms with Crippen LogP contribution in [0.5, 0.6) is 0 Å². The van der Waals surface area contributed by atoms with Crippen LogP contribution in [0, 0.1) is 11.8 Å². The Hall–Kier alpha value is -3.82. The van der Waals surface area contributed by atoms with E-state index in [1.165, 1.54) is 32.1 Å². The molecule has 3 aliphatic carbocycles. The number of ketones is 1. The highest BCUT2D eigenvalue weighted by molar-refractivity contribution is 6.24. The van der Waals surface area contributed by atoms with E-state index >= 15 is 0 Å². The summed E-state index contributed by atoms with van der Waals surface area (Å²) >= 11 is 0. The summed E-state index contributed by atoms with van der Waals surface area (Å²) in [7, 11) is 1.49. The van der Waals surface area contributed by atoms with Gasteiger partial charge in [0, 0.05) is 47.0 Å². The molecule has 0 unspecified atom stereocenters. The van der Waals surface area contributed by atoms with Crippen molar-refractivity contribution in [1.29, 1.82) is 0 Å². The Balaban J connectivity index is 1.32. The minimum Gasteiger partial charge on any atom is -0.495 e. The third kappa shape index (κ3) is 6.66. The fourth-order valence-electron chi connectivity index (χ4n) is 9.46. The summed E-state index contributed by atoms with van der Waals surface area (Å²) in [6.07, 6.45) is 5.55. The van der Waals surface area contributed by atoms with Crippen molar-refractivity contribution in [3.05, 3.63) is 93.4 Å². The fraction of sp³-hybridized carbons (Fsp3) is 0.535. The van der Waals surface area contributed by atoms with Crippen LogP contribution in [0.15, 0.2) is 71.2 Å². The molecule has 0 N–H and O–H groups in total. The molecular weight excluding hydrogens is 690 g/mol. The molecule has 0 spiro atoms. The van der Waals surface area contributed by atoms with Crippen molar-refractivity contribution in [1.82, 2.24) is 0 Å². The summed E-state index contributed by atoms with van der Waals surface area (Å²) in [5.41, 5.74) is 1.65. The highest BCUT2D eigenvalue weighted by Crippen LogP contribution is 2.52. The third-order valence-corrected chi connectivity index (χ3v) is 12.5. The molecule has 53 heavy (non-hydrogen) atoms. The lowest BCUT2D eigenvalue weighted by Gasteiger charge is -2.33. The van der Waals surface area contributed by atoms with Gasteiger partial charge in [0.1, 0.15) is 5.76 Å². The van der Waals surface area contributed by atoms with Gasteiger partial charge < -0.3 is 9.64 Å². The molecule has 7 rings (SSSR count). The summed E-state index contributed by atoms with van der Waals surface area (Å²) in [5, 5.41) is 0. The van der Waals surface area contributed by atoms with Gasteiger partial charge in [0.05, 0.1) is 34.8 Å². The topological polar surface area (TPSA) is 32.5 Å². The molecule has 4 nitrogen and oxygen atoms in total. The molecule has 2 saturated carbocycles. The largest absolute Gasteiger partial charge is 0.495 e. The number of allylic oxidation sites excluding steroid dienone is 5. The summed E-state index contributed by atoms with van der Waals surface area (Å²) in [6.45, 7) is 8.88. The molecule has 0 amide bonds. The van der Waals surface area contributed by atoms with Gasteiger partial charge in [-0.2, -0.15) is 30.9 Å². The molecular formula is C43H49F6N2O2+. The van der Waals surface area contributed by atoms with Crippen LogP contribution in [-0.2, 0) is 32.7 Å². The zero-order chi connectivity index (χ0) is 38.1. The van der Waals surface area contributed by atoms with Crippen LogP contribution < -0.4 is 4.90 Å². The van der Waals surface area contributed by atoms with E-state index in [1.807, 2.05) is 27.7 Å². The van der Waals surface area contributed by atoms with Crippen LogP contribution in [0.4, 0.5) is 37.7 Å². The number of Topliss-reactive ketones (excluding diaryl/α,β-unsaturated/α-hetero) is 1. The average Bonchev–Trinajstić information content (AvgIpc) is 3.45. The van der Waals surface area contributed by atoms with E-state index in [0.717, 1.165) is 86.3 Å². The number of methoxy groups -OCH3 is 1. The van der Waals surface area contributed by atoms with E-state index in [9.17, 15) is 31.1 Å². The molecule has 2 aromatic carbocycles. The number of nitrogens with zero attached hydrogens (tertiary/aromatic N) is 2. The monoisotopic (exact) mass is 739 g/mol. The average molecular weight is 740 g/mol. The molecule has 2 fully saturated rings. The lowest BCUT2D eigenvalue weighted by atomic mass is 9.77. The van der Waals surface area contributed by atoms with Crippen LogP contribution in [0.2, 0.25) is 0 Å². The van der Waals surface area contributed by atoms with Crippen molar-refractivity contribution in [3.8, 4) is 0 Å². The van der Waals surface area contributed by atoms with Gasteiger partial charge in [0.15, 0.2) is 12.3 Å². The predicted molar refractivity (Wildman–Crippen MR) is 194 cm³/mol. The van der Waals surface area contributed by atoms with E-state index in [0.29, 0.717) is 53.0 Å². The van der Waals surface area contributed by atoms with Gasteiger partial charge >= 0.3 is 12.4 Å². The second-order valence-corrected chi connectivity index (χ2v) is 16.7. The smallest absolute Gasteiger partial charge is 0.416 e. The molecule has 2 heterocycles. The van der Waals surface area contributed by atoms with Crippen LogP contribution >= 0.6 is 0 Å². The maximum Gasteiger partial charge on any atom is 0.416 e. The Morgan fingerprint density at radius 3 is 1.92 bits per heavy atom. The number of hydrogen-bond donors (Lipinski definition) is 0. The van der Waals surface area contributed by atoms with Gasteiger partial charge in [0.25, 0.3) is 0 Å². The summed E-state index contributed by atoms with van der Waals surface area (Å²) in [5.74, 6) is 0.851. The minimum absolute atomic E-state index is 0.262. The van der Waals surface area contributed by atoms with Crippen molar-refractivity contribution in [3.63, 3.8) is 0 Å². The predicted octanol–water partition coefficient (Wildman–Crippen LogP) is 11.4.